The molecule has 0 bridgehead atoms. The second kappa shape index (κ2) is 7.49. The predicted octanol–water partition coefficient (Wildman–Crippen LogP) is 5.32. The van der Waals surface area contributed by atoms with Crippen molar-refractivity contribution in [2.75, 3.05) is 7.11 Å². The fourth-order valence-electron chi connectivity index (χ4n) is 3.94. The number of pyridine rings is 1. The van der Waals surface area contributed by atoms with Crippen LogP contribution >= 0.6 is 12.4 Å². The highest BCUT2D eigenvalue weighted by atomic mass is 35.5. The van der Waals surface area contributed by atoms with Crippen LogP contribution in [0.4, 0.5) is 0 Å². The van der Waals surface area contributed by atoms with Crippen LogP contribution < -0.4 is 9.47 Å². The molecule has 1 aliphatic heterocycles. The van der Waals surface area contributed by atoms with E-state index in [4.69, 9.17) is 9.47 Å². The molecule has 0 N–H and O–H groups in total. The van der Waals surface area contributed by atoms with Gasteiger partial charge >= 0.3 is 0 Å². The van der Waals surface area contributed by atoms with E-state index in [-0.39, 0.29) is 18.0 Å². The minimum Gasteiger partial charge on any atom is -0.493 e. The van der Waals surface area contributed by atoms with E-state index in [0.717, 1.165) is 36.3 Å². The Morgan fingerprint density at radius 1 is 1.04 bits per heavy atom. The van der Waals surface area contributed by atoms with E-state index in [0.29, 0.717) is 0 Å². The lowest BCUT2D eigenvalue weighted by Gasteiger charge is -2.32. The van der Waals surface area contributed by atoms with Gasteiger partial charge < -0.3 is 9.47 Å². The number of halogens is 1. The minimum absolute atomic E-state index is 0. The summed E-state index contributed by atoms with van der Waals surface area (Å²) < 4.78 is 12.0. The summed E-state index contributed by atoms with van der Waals surface area (Å²) in [4.78, 5) is 4.07. The number of fused-ring (bicyclic) bond motifs is 1. The molecule has 0 saturated heterocycles. The third kappa shape index (κ3) is 3.52. The summed E-state index contributed by atoms with van der Waals surface area (Å²) in [7, 11) is 1.72. The number of rotatable bonds is 3. The van der Waals surface area contributed by atoms with E-state index in [1.54, 1.807) is 7.11 Å². The van der Waals surface area contributed by atoms with Gasteiger partial charge in [-0.25, -0.2) is 0 Å². The third-order valence-electron chi connectivity index (χ3n) is 5.22. The van der Waals surface area contributed by atoms with E-state index < -0.39 is 0 Å². The highest BCUT2D eigenvalue weighted by Gasteiger charge is 2.42. The first kappa shape index (κ1) is 17.8. The van der Waals surface area contributed by atoms with Crippen molar-refractivity contribution in [3.63, 3.8) is 0 Å². The van der Waals surface area contributed by atoms with Gasteiger partial charge in [-0.2, -0.15) is 0 Å². The molecule has 0 radical (unpaired) electrons. The molecule has 1 aromatic heterocycles. The van der Waals surface area contributed by atoms with Gasteiger partial charge in [0.1, 0.15) is 5.60 Å². The highest BCUT2D eigenvalue weighted by molar-refractivity contribution is 5.85. The van der Waals surface area contributed by atoms with Crippen LogP contribution in [0.1, 0.15) is 48.8 Å². The van der Waals surface area contributed by atoms with Crippen molar-refractivity contribution in [2.24, 2.45) is 0 Å². The normalized spacial score (nSPS) is 17.8. The van der Waals surface area contributed by atoms with Crippen molar-refractivity contribution in [1.29, 1.82) is 0 Å². The zero-order chi connectivity index (χ0) is 16.4. The lowest BCUT2D eigenvalue weighted by molar-refractivity contribution is 0.0507. The average Bonchev–Trinajstić information content (AvgIpc) is 3.00. The Morgan fingerprint density at radius 2 is 1.80 bits per heavy atom. The van der Waals surface area contributed by atoms with Crippen LogP contribution in [0.25, 0.3) is 12.2 Å². The maximum absolute atomic E-state index is 6.48. The SMILES string of the molecule is COc1ccc(/C=C/c2ccncc2)c2c1OC1(CCCCC1)C2.Cl. The number of hydrogen-bond donors (Lipinski definition) is 0. The molecular weight excluding hydrogens is 334 g/mol. The van der Waals surface area contributed by atoms with Gasteiger partial charge in [-0.15, -0.1) is 12.4 Å². The molecule has 0 unspecified atom stereocenters. The number of methoxy groups -OCH3 is 1. The first-order valence-electron chi connectivity index (χ1n) is 8.77. The van der Waals surface area contributed by atoms with Gasteiger partial charge in [-0.3, -0.25) is 4.98 Å². The Labute approximate surface area is 155 Å². The van der Waals surface area contributed by atoms with E-state index >= 15 is 0 Å². The molecule has 1 aromatic carbocycles. The molecule has 25 heavy (non-hydrogen) atoms. The topological polar surface area (TPSA) is 31.4 Å². The Morgan fingerprint density at radius 3 is 2.52 bits per heavy atom. The molecule has 1 fully saturated rings. The Bertz CT molecular complexity index is 752. The zero-order valence-electron chi connectivity index (χ0n) is 14.5. The van der Waals surface area contributed by atoms with Crippen molar-refractivity contribution in [1.82, 2.24) is 4.98 Å². The summed E-state index contributed by atoms with van der Waals surface area (Å²) in [6.07, 6.45) is 15.1. The Kier molecular flexibility index (Phi) is 5.33. The predicted molar refractivity (Wildman–Crippen MR) is 104 cm³/mol. The lowest BCUT2D eigenvalue weighted by Crippen LogP contribution is -2.36. The summed E-state index contributed by atoms with van der Waals surface area (Å²) in [5, 5.41) is 0. The van der Waals surface area contributed by atoms with Crippen LogP contribution in [0.2, 0.25) is 0 Å². The average molecular weight is 358 g/mol. The molecule has 2 heterocycles. The van der Waals surface area contributed by atoms with Crippen molar-refractivity contribution in [3.05, 3.63) is 53.3 Å². The maximum Gasteiger partial charge on any atom is 0.165 e. The lowest BCUT2D eigenvalue weighted by atomic mass is 9.81. The van der Waals surface area contributed by atoms with Gasteiger partial charge in [-0.05, 0) is 55.0 Å². The fraction of sp³-hybridized carbons (Fsp3) is 0.381. The summed E-state index contributed by atoms with van der Waals surface area (Å²) in [5.41, 5.74) is 3.67. The Balaban J connectivity index is 0.00000182. The summed E-state index contributed by atoms with van der Waals surface area (Å²) >= 11 is 0. The summed E-state index contributed by atoms with van der Waals surface area (Å²) in [5.74, 6) is 1.81. The molecule has 0 atom stereocenters. The smallest absolute Gasteiger partial charge is 0.165 e. The molecule has 132 valence electrons. The number of hydrogen-bond acceptors (Lipinski definition) is 3. The maximum atomic E-state index is 6.48. The fourth-order valence-corrected chi connectivity index (χ4v) is 3.94. The van der Waals surface area contributed by atoms with E-state index in [2.05, 4.69) is 23.2 Å². The molecule has 2 aliphatic rings. The van der Waals surface area contributed by atoms with Crippen LogP contribution in [-0.2, 0) is 6.42 Å². The van der Waals surface area contributed by atoms with Gasteiger partial charge in [0.05, 0.1) is 7.11 Å². The van der Waals surface area contributed by atoms with E-state index in [9.17, 15) is 0 Å². The molecular formula is C21H24ClNO2. The van der Waals surface area contributed by atoms with Gasteiger partial charge in [-0.1, -0.05) is 24.6 Å². The molecule has 3 nitrogen and oxygen atoms in total. The number of ether oxygens (including phenoxy) is 2. The monoisotopic (exact) mass is 357 g/mol. The van der Waals surface area contributed by atoms with Crippen LogP contribution in [-0.4, -0.2) is 17.7 Å². The number of benzene rings is 1. The Hall–Kier alpha value is -2.00. The van der Waals surface area contributed by atoms with E-state index in [1.807, 2.05) is 30.6 Å². The molecule has 1 saturated carbocycles. The van der Waals surface area contributed by atoms with Gasteiger partial charge in [0.15, 0.2) is 11.5 Å². The summed E-state index contributed by atoms with van der Waals surface area (Å²) in [6, 6.07) is 8.19. The van der Waals surface area contributed by atoms with Crippen molar-refractivity contribution in [3.8, 4) is 11.5 Å². The highest BCUT2D eigenvalue weighted by Crippen LogP contribution is 2.49. The van der Waals surface area contributed by atoms with Crippen LogP contribution in [0.5, 0.6) is 11.5 Å². The standard InChI is InChI=1S/C21H23NO2.ClH/c1-23-19-8-7-17(6-5-16-9-13-22-14-10-16)18-15-21(24-20(18)19)11-3-2-4-12-21;/h5-10,13-14H,2-4,11-12,15H2,1H3;1H/b6-5+;. The number of aromatic nitrogens is 1. The van der Waals surface area contributed by atoms with Crippen molar-refractivity contribution in [2.45, 2.75) is 44.1 Å². The molecule has 1 spiro atoms. The molecule has 2 aromatic rings. The third-order valence-corrected chi connectivity index (χ3v) is 5.22. The second-order valence-corrected chi connectivity index (χ2v) is 6.80. The first-order valence-corrected chi connectivity index (χ1v) is 8.77. The molecule has 0 amide bonds. The minimum atomic E-state index is -0.00548. The first-order chi connectivity index (χ1) is 11.8. The largest absolute Gasteiger partial charge is 0.493 e. The second-order valence-electron chi connectivity index (χ2n) is 6.80. The van der Waals surface area contributed by atoms with Gasteiger partial charge in [0, 0.05) is 24.4 Å². The van der Waals surface area contributed by atoms with Crippen LogP contribution in [0.15, 0.2) is 36.7 Å². The van der Waals surface area contributed by atoms with Crippen molar-refractivity contribution >= 4 is 24.6 Å². The van der Waals surface area contributed by atoms with Gasteiger partial charge in [0.2, 0.25) is 0 Å². The molecule has 4 rings (SSSR count). The van der Waals surface area contributed by atoms with Crippen LogP contribution in [0.3, 0.4) is 0 Å². The van der Waals surface area contributed by atoms with Crippen molar-refractivity contribution < 1.29 is 9.47 Å². The van der Waals surface area contributed by atoms with E-state index in [1.165, 1.54) is 30.4 Å². The van der Waals surface area contributed by atoms with Gasteiger partial charge in [0.25, 0.3) is 0 Å². The van der Waals surface area contributed by atoms with Crippen LogP contribution in [0, 0.1) is 0 Å². The number of nitrogens with zero attached hydrogens (tertiary/aromatic N) is 1. The summed E-state index contributed by atoms with van der Waals surface area (Å²) in [6.45, 7) is 0. The molecule has 1 aliphatic carbocycles. The molecule has 4 heteroatoms. The quantitative estimate of drug-likeness (QED) is 0.744. The zero-order valence-corrected chi connectivity index (χ0v) is 15.3.